The maximum atomic E-state index is 12.6. The number of benzene rings is 2. The largest absolute Gasteiger partial charge is 0.453 e. The quantitative estimate of drug-likeness (QED) is 0.288. The summed E-state index contributed by atoms with van der Waals surface area (Å²) in [5.74, 6) is 1.42. The number of ether oxygens (including phenoxy) is 2. The summed E-state index contributed by atoms with van der Waals surface area (Å²) in [6, 6.07) is 14.2. The van der Waals surface area contributed by atoms with Crippen LogP contribution in [0.15, 0.2) is 54.7 Å². The average molecular weight is 613 g/mol. The van der Waals surface area contributed by atoms with Crippen molar-refractivity contribution in [2.75, 3.05) is 48.8 Å². The number of nitrogens with one attached hydrogen (secondary N) is 2. The molecule has 4 aromatic rings. The van der Waals surface area contributed by atoms with Crippen molar-refractivity contribution in [3.8, 4) is 11.4 Å². The number of likely N-dealkylation sites (tertiary alicyclic amines) is 1. The number of carbonyl (C=O) groups is 2. The van der Waals surface area contributed by atoms with Gasteiger partial charge in [0.1, 0.15) is 5.82 Å². The molecule has 0 spiro atoms. The first-order valence-corrected chi connectivity index (χ1v) is 15.3. The van der Waals surface area contributed by atoms with E-state index in [1.807, 2.05) is 35.1 Å². The molecule has 5 heterocycles. The molecule has 0 radical (unpaired) electrons. The average Bonchev–Trinajstić information content (AvgIpc) is 3.66. The standard InChI is InChI=1S/C32H36N8O5/c1-44-32(43)38-14-12-24(13-15-38)40-30-27(16-33-40)29(39-17-25-10-11-26(18-39)45-25)36-28(37-30)21-4-8-23(9-5-21)35-31(42)34-22-6-2-20(19-41)3-7-22/h2-9,16,24-26,41H,10-15,17-19H2,1H3,(H2,34,35,42). The highest BCUT2D eigenvalue weighted by Gasteiger charge is 2.36. The molecule has 2 unspecified atom stereocenters. The highest BCUT2D eigenvalue weighted by Crippen LogP contribution is 2.35. The number of aliphatic hydroxyl groups excluding tert-OH is 1. The number of aromatic nitrogens is 4. The zero-order valence-electron chi connectivity index (χ0n) is 25.1. The number of methoxy groups -OCH3 is 1. The number of rotatable bonds is 6. The van der Waals surface area contributed by atoms with Crippen molar-refractivity contribution < 1.29 is 24.2 Å². The molecule has 3 amide bonds. The molecule has 0 aliphatic carbocycles. The second kappa shape index (κ2) is 12.3. The van der Waals surface area contributed by atoms with E-state index in [0.717, 1.165) is 66.8 Å². The summed E-state index contributed by atoms with van der Waals surface area (Å²) >= 11 is 0. The Hall–Kier alpha value is -4.75. The van der Waals surface area contributed by atoms with E-state index in [2.05, 4.69) is 15.5 Å². The van der Waals surface area contributed by atoms with Gasteiger partial charge >= 0.3 is 12.1 Å². The van der Waals surface area contributed by atoms with Crippen LogP contribution in [0.2, 0.25) is 0 Å². The minimum Gasteiger partial charge on any atom is -0.453 e. The van der Waals surface area contributed by atoms with Gasteiger partial charge in [0.2, 0.25) is 0 Å². The van der Waals surface area contributed by atoms with Gasteiger partial charge in [0, 0.05) is 43.1 Å². The van der Waals surface area contributed by atoms with Crippen LogP contribution in [-0.2, 0) is 16.1 Å². The Morgan fingerprint density at radius 3 is 2.20 bits per heavy atom. The van der Waals surface area contributed by atoms with Gasteiger partial charge in [-0.2, -0.15) is 5.10 Å². The van der Waals surface area contributed by atoms with Gasteiger partial charge in [-0.25, -0.2) is 24.2 Å². The first kappa shape index (κ1) is 29.0. The second-order valence-corrected chi connectivity index (χ2v) is 11.8. The Labute approximate surface area is 260 Å². The fourth-order valence-electron chi connectivity index (χ4n) is 6.45. The van der Waals surface area contributed by atoms with E-state index in [0.29, 0.717) is 30.3 Å². The number of amides is 3. The topological polar surface area (TPSA) is 147 Å². The van der Waals surface area contributed by atoms with Crippen molar-refractivity contribution in [3.05, 3.63) is 60.3 Å². The molecule has 2 bridgehead atoms. The molecule has 7 rings (SSSR count). The minimum atomic E-state index is -0.372. The molecule has 2 aromatic carbocycles. The van der Waals surface area contributed by atoms with Crippen molar-refractivity contribution in [3.63, 3.8) is 0 Å². The van der Waals surface area contributed by atoms with Gasteiger partial charge in [-0.3, -0.25) is 0 Å². The third-order valence-corrected chi connectivity index (χ3v) is 8.82. The number of nitrogens with zero attached hydrogens (tertiary/aromatic N) is 6. The van der Waals surface area contributed by atoms with Crippen LogP contribution in [-0.4, -0.2) is 87.4 Å². The Morgan fingerprint density at radius 1 is 0.933 bits per heavy atom. The molecule has 13 heteroatoms. The van der Waals surface area contributed by atoms with E-state index in [1.54, 1.807) is 29.2 Å². The summed E-state index contributed by atoms with van der Waals surface area (Å²) < 4.78 is 13.0. The van der Waals surface area contributed by atoms with Crippen molar-refractivity contribution in [2.24, 2.45) is 0 Å². The number of morpholine rings is 1. The second-order valence-electron chi connectivity index (χ2n) is 11.8. The fourth-order valence-corrected chi connectivity index (χ4v) is 6.45. The number of anilines is 3. The van der Waals surface area contributed by atoms with Crippen LogP contribution >= 0.6 is 0 Å². The molecule has 13 nitrogen and oxygen atoms in total. The third-order valence-electron chi connectivity index (χ3n) is 8.82. The highest BCUT2D eigenvalue weighted by atomic mass is 16.5. The summed E-state index contributed by atoms with van der Waals surface area (Å²) in [6.07, 6.45) is 5.54. The molecular weight excluding hydrogens is 576 g/mol. The monoisotopic (exact) mass is 612 g/mol. The minimum absolute atomic E-state index is 0.0524. The van der Waals surface area contributed by atoms with Crippen LogP contribution < -0.4 is 15.5 Å². The molecule has 234 valence electrons. The van der Waals surface area contributed by atoms with Crippen molar-refractivity contribution in [1.29, 1.82) is 0 Å². The molecule has 3 saturated heterocycles. The maximum absolute atomic E-state index is 12.6. The van der Waals surface area contributed by atoms with Crippen molar-refractivity contribution >= 4 is 40.4 Å². The van der Waals surface area contributed by atoms with Crippen LogP contribution in [0.5, 0.6) is 0 Å². The van der Waals surface area contributed by atoms with Crippen molar-refractivity contribution in [2.45, 2.75) is 50.5 Å². The predicted octanol–water partition coefficient (Wildman–Crippen LogP) is 4.40. The van der Waals surface area contributed by atoms with Crippen LogP contribution in [0.3, 0.4) is 0 Å². The number of piperidine rings is 1. The van der Waals surface area contributed by atoms with Gasteiger partial charge in [-0.1, -0.05) is 12.1 Å². The molecule has 3 aliphatic heterocycles. The number of aliphatic hydroxyl groups is 1. The van der Waals surface area contributed by atoms with Crippen LogP contribution in [0.1, 0.15) is 37.3 Å². The van der Waals surface area contributed by atoms with Crippen LogP contribution in [0, 0.1) is 0 Å². The van der Waals surface area contributed by atoms with Gasteiger partial charge in [0.15, 0.2) is 11.5 Å². The van der Waals surface area contributed by atoms with Gasteiger partial charge in [0.05, 0.1) is 43.5 Å². The molecule has 3 aliphatic rings. The number of hydrogen-bond donors (Lipinski definition) is 3. The summed E-state index contributed by atoms with van der Waals surface area (Å²) in [5.41, 5.74) is 3.59. The summed E-state index contributed by atoms with van der Waals surface area (Å²) in [6.45, 7) is 2.67. The molecule has 3 N–H and O–H groups in total. The number of fused-ring (bicyclic) bond motifs is 3. The zero-order chi connectivity index (χ0) is 30.9. The van der Waals surface area contributed by atoms with Gasteiger partial charge in [-0.15, -0.1) is 0 Å². The van der Waals surface area contributed by atoms with E-state index in [9.17, 15) is 14.7 Å². The number of hydrogen-bond acceptors (Lipinski definition) is 9. The molecular formula is C32H36N8O5. The number of carbonyl (C=O) groups excluding carboxylic acids is 2. The van der Waals surface area contributed by atoms with Crippen LogP contribution in [0.25, 0.3) is 22.4 Å². The number of urea groups is 1. The lowest BCUT2D eigenvalue weighted by molar-refractivity contribution is 0.0303. The predicted molar refractivity (Wildman–Crippen MR) is 168 cm³/mol. The maximum Gasteiger partial charge on any atom is 0.409 e. The summed E-state index contributed by atoms with van der Waals surface area (Å²) in [7, 11) is 1.41. The summed E-state index contributed by atoms with van der Waals surface area (Å²) in [4.78, 5) is 38.8. The Morgan fingerprint density at radius 2 is 1.58 bits per heavy atom. The van der Waals surface area contributed by atoms with Gasteiger partial charge in [-0.05, 0) is 67.6 Å². The Bertz CT molecular complexity index is 1670. The van der Waals surface area contributed by atoms with E-state index in [1.165, 1.54) is 7.11 Å². The fraction of sp³-hybridized carbons (Fsp3) is 0.406. The third kappa shape index (κ3) is 6.00. The van der Waals surface area contributed by atoms with Crippen molar-refractivity contribution in [1.82, 2.24) is 24.6 Å². The van der Waals surface area contributed by atoms with Gasteiger partial charge in [0.25, 0.3) is 0 Å². The van der Waals surface area contributed by atoms with E-state index < -0.39 is 0 Å². The SMILES string of the molecule is COC(=O)N1CCC(n2ncc3c(N4CC5CCC(C4)O5)nc(-c4ccc(NC(=O)Nc5ccc(CO)cc5)cc4)nc32)CC1. The molecule has 2 aromatic heterocycles. The molecule has 0 saturated carbocycles. The summed E-state index contributed by atoms with van der Waals surface area (Å²) in [5, 5.41) is 20.6. The van der Waals surface area contributed by atoms with E-state index >= 15 is 0 Å². The van der Waals surface area contributed by atoms with Gasteiger partial charge < -0.3 is 35.0 Å². The lowest BCUT2D eigenvalue weighted by atomic mass is 10.1. The highest BCUT2D eigenvalue weighted by molar-refractivity contribution is 5.99. The Kier molecular flexibility index (Phi) is 7.94. The van der Waals surface area contributed by atoms with Crippen LogP contribution in [0.4, 0.5) is 26.8 Å². The van der Waals surface area contributed by atoms with E-state index in [-0.39, 0.29) is 37.0 Å². The first-order valence-electron chi connectivity index (χ1n) is 15.3. The lowest BCUT2D eigenvalue weighted by Gasteiger charge is -2.33. The normalized spacial score (nSPS) is 20.0. The first-order chi connectivity index (χ1) is 22.0. The van der Waals surface area contributed by atoms with E-state index in [4.69, 9.17) is 24.5 Å². The molecule has 2 atom stereocenters. The molecule has 3 fully saturated rings. The molecule has 45 heavy (non-hydrogen) atoms. The Balaban J connectivity index is 1.15. The smallest absolute Gasteiger partial charge is 0.409 e. The zero-order valence-corrected chi connectivity index (χ0v) is 25.1. The lowest BCUT2D eigenvalue weighted by Crippen LogP contribution is -2.43.